The Kier molecular flexibility index (Phi) is 4.89. The zero-order valence-corrected chi connectivity index (χ0v) is 18.8. The van der Waals surface area contributed by atoms with Crippen LogP contribution in [-0.2, 0) is 11.2 Å². The molecule has 1 atom stereocenters. The molecule has 4 aromatic rings. The molecule has 1 aliphatic carbocycles. The average Bonchev–Trinajstić information content (AvgIpc) is 3.03. The van der Waals surface area contributed by atoms with Crippen molar-refractivity contribution in [3.05, 3.63) is 136 Å². The first-order chi connectivity index (χ1) is 16.2. The second-order valence-electron chi connectivity index (χ2n) is 8.58. The number of amides is 1. The SMILES string of the molecule is O=C1C2=C(c3ccccc3)c3ccccc3CCC2c2ccc(Cl)cc2N1c1ccccc1. The lowest BCUT2D eigenvalue weighted by molar-refractivity contribution is -0.114. The van der Waals surface area contributed by atoms with Gasteiger partial charge in [-0.3, -0.25) is 9.69 Å². The zero-order chi connectivity index (χ0) is 22.4. The van der Waals surface area contributed by atoms with Gasteiger partial charge in [0, 0.05) is 22.2 Å². The van der Waals surface area contributed by atoms with Crippen LogP contribution in [0.1, 0.15) is 34.6 Å². The number of carbonyl (C=O) groups excluding carboxylic acids is 1. The molecule has 0 spiro atoms. The summed E-state index contributed by atoms with van der Waals surface area (Å²) in [6.07, 6.45) is 1.80. The van der Waals surface area contributed by atoms with Crippen molar-refractivity contribution < 1.29 is 4.79 Å². The molecule has 0 saturated carbocycles. The number of anilines is 2. The number of carbonyl (C=O) groups is 1. The van der Waals surface area contributed by atoms with Crippen LogP contribution in [0.15, 0.2) is 109 Å². The molecule has 33 heavy (non-hydrogen) atoms. The van der Waals surface area contributed by atoms with E-state index in [-0.39, 0.29) is 11.8 Å². The summed E-state index contributed by atoms with van der Waals surface area (Å²) in [5, 5.41) is 0.634. The monoisotopic (exact) mass is 447 g/mol. The normalized spacial score (nSPS) is 17.2. The van der Waals surface area contributed by atoms with Crippen LogP contribution in [0.2, 0.25) is 5.02 Å². The summed E-state index contributed by atoms with van der Waals surface area (Å²) in [7, 11) is 0. The van der Waals surface area contributed by atoms with Crippen LogP contribution in [0.25, 0.3) is 5.57 Å². The standard InChI is InChI=1S/C30H22ClNO/c31-22-16-18-25-26-17-15-20-9-7-8-14-24(20)28(21-10-3-1-4-11-21)29(26)30(33)32(27(25)19-22)23-12-5-2-6-13-23/h1-14,16,18-19,26H,15,17H2. The molecule has 0 radical (unpaired) electrons. The first-order valence-electron chi connectivity index (χ1n) is 11.3. The van der Waals surface area contributed by atoms with Gasteiger partial charge in [0.05, 0.1) is 5.69 Å². The van der Waals surface area contributed by atoms with Gasteiger partial charge >= 0.3 is 0 Å². The summed E-state index contributed by atoms with van der Waals surface area (Å²) in [5.41, 5.74) is 8.30. The van der Waals surface area contributed by atoms with Crippen molar-refractivity contribution in [2.75, 3.05) is 4.90 Å². The quantitative estimate of drug-likeness (QED) is 0.310. The Morgan fingerprint density at radius 3 is 2.27 bits per heavy atom. The molecule has 1 heterocycles. The van der Waals surface area contributed by atoms with Crippen molar-refractivity contribution in [3.63, 3.8) is 0 Å². The van der Waals surface area contributed by atoms with E-state index in [0.717, 1.165) is 52.1 Å². The Labute approximate surface area is 198 Å². The van der Waals surface area contributed by atoms with Gasteiger partial charge in [0.1, 0.15) is 0 Å². The van der Waals surface area contributed by atoms with Gasteiger partial charge in [-0.15, -0.1) is 0 Å². The van der Waals surface area contributed by atoms with Gasteiger partial charge in [0.15, 0.2) is 0 Å². The Balaban J connectivity index is 1.70. The molecular weight excluding hydrogens is 426 g/mol. The maximum atomic E-state index is 14.4. The van der Waals surface area contributed by atoms with Gasteiger partial charge in [-0.2, -0.15) is 0 Å². The van der Waals surface area contributed by atoms with E-state index >= 15 is 0 Å². The molecule has 1 amide bonds. The molecule has 2 aliphatic rings. The molecule has 6 rings (SSSR count). The van der Waals surface area contributed by atoms with Crippen LogP contribution in [0.4, 0.5) is 11.4 Å². The van der Waals surface area contributed by atoms with Crippen LogP contribution >= 0.6 is 11.6 Å². The Morgan fingerprint density at radius 1 is 0.788 bits per heavy atom. The first kappa shape index (κ1) is 20.0. The highest BCUT2D eigenvalue weighted by Crippen LogP contribution is 2.50. The Hall–Kier alpha value is -3.62. The fourth-order valence-corrected chi connectivity index (χ4v) is 5.46. The third-order valence-corrected chi connectivity index (χ3v) is 6.96. The molecule has 1 unspecified atom stereocenters. The first-order valence-corrected chi connectivity index (χ1v) is 11.7. The third-order valence-electron chi connectivity index (χ3n) is 6.73. The van der Waals surface area contributed by atoms with Gasteiger partial charge in [-0.1, -0.05) is 90.5 Å². The van der Waals surface area contributed by atoms with Crippen LogP contribution in [0.5, 0.6) is 0 Å². The summed E-state index contributed by atoms with van der Waals surface area (Å²) < 4.78 is 0. The fourth-order valence-electron chi connectivity index (χ4n) is 5.30. The molecule has 160 valence electrons. The van der Waals surface area contributed by atoms with Crippen molar-refractivity contribution in [2.45, 2.75) is 18.8 Å². The van der Waals surface area contributed by atoms with Crippen LogP contribution in [-0.4, -0.2) is 5.91 Å². The maximum absolute atomic E-state index is 14.4. The predicted octanol–water partition coefficient (Wildman–Crippen LogP) is 7.55. The lowest BCUT2D eigenvalue weighted by Gasteiger charge is -2.37. The summed E-state index contributed by atoms with van der Waals surface area (Å²) >= 11 is 6.43. The Bertz CT molecular complexity index is 1390. The van der Waals surface area contributed by atoms with Crippen molar-refractivity contribution in [2.24, 2.45) is 0 Å². The predicted molar refractivity (Wildman–Crippen MR) is 135 cm³/mol. The number of para-hydroxylation sites is 1. The molecule has 3 heteroatoms. The summed E-state index contributed by atoms with van der Waals surface area (Å²) in [6, 6.07) is 34.7. The average molecular weight is 448 g/mol. The molecular formula is C30H22ClNO. The highest BCUT2D eigenvalue weighted by atomic mass is 35.5. The van der Waals surface area contributed by atoms with Crippen molar-refractivity contribution in [3.8, 4) is 0 Å². The highest BCUT2D eigenvalue weighted by Gasteiger charge is 2.40. The maximum Gasteiger partial charge on any atom is 0.260 e. The molecule has 0 saturated heterocycles. The molecule has 2 nitrogen and oxygen atoms in total. The van der Waals surface area contributed by atoms with Gasteiger partial charge < -0.3 is 0 Å². The number of hydrogen-bond acceptors (Lipinski definition) is 1. The van der Waals surface area contributed by atoms with Crippen LogP contribution in [0.3, 0.4) is 0 Å². The minimum atomic E-state index is 0.00679. The fraction of sp³-hybridized carbons (Fsp3) is 0.100. The Morgan fingerprint density at radius 2 is 1.48 bits per heavy atom. The molecule has 0 bridgehead atoms. The molecule has 0 aromatic heterocycles. The number of benzene rings is 4. The van der Waals surface area contributed by atoms with Gasteiger partial charge in [-0.05, 0) is 64.9 Å². The second-order valence-corrected chi connectivity index (χ2v) is 9.02. The number of nitrogens with zero attached hydrogens (tertiary/aromatic N) is 1. The minimum Gasteiger partial charge on any atom is -0.277 e. The van der Waals surface area contributed by atoms with Crippen molar-refractivity contribution >= 4 is 34.5 Å². The van der Waals surface area contributed by atoms with Gasteiger partial charge in [0.25, 0.3) is 5.91 Å². The van der Waals surface area contributed by atoms with Crippen LogP contribution < -0.4 is 4.90 Å². The van der Waals surface area contributed by atoms with E-state index < -0.39 is 0 Å². The van der Waals surface area contributed by atoms with Gasteiger partial charge in [0.2, 0.25) is 0 Å². The molecule has 4 aromatic carbocycles. The molecule has 0 N–H and O–H groups in total. The summed E-state index contributed by atoms with van der Waals surface area (Å²) in [5.74, 6) is 0.0313. The smallest absolute Gasteiger partial charge is 0.260 e. The van der Waals surface area contributed by atoms with Gasteiger partial charge in [-0.25, -0.2) is 0 Å². The zero-order valence-electron chi connectivity index (χ0n) is 18.0. The number of fused-ring (bicyclic) bond motifs is 4. The van der Waals surface area contributed by atoms with E-state index in [1.54, 1.807) is 0 Å². The third kappa shape index (κ3) is 3.30. The summed E-state index contributed by atoms with van der Waals surface area (Å²) in [6.45, 7) is 0. The van der Waals surface area contributed by atoms with E-state index in [1.807, 2.05) is 65.6 Å². The summed E-state index contributed by atoms with van der Waals surface area (Å²) in [4.78, 5) is 16.2. The largest absolute Gasteiger partial charge is 0.277 e. The number of rotatable bonds is 2. The van der Waals surface area contributed by atoms with E-state index in [9.17, 15) is 4.79 Å². The molecule has 0 fully saturated rings. The van der Waals surface area contributed by atoms with E-state index in [2.05, 4.69) is 42.5 Å². The van der Waals surface area contributed by atoms with Crippen LogP contribution in [0, 0.1) is 0 Å². The van der Waals surface area contributed by atoms with Crippen molar-refractivity contribution in [1.29, 1.82) is 0 Å². The topological polar surface area (TPSA) is 20.3 Å². The number of hydrogen-bond donors (Lipinski definition) is 0. The van der Waals surface area contributed by atoms with E-state index in [4.69, 9.17) is 11.6 Å². The molecule has 1 aliphatic heterocycles. The number of halogens is 1. The number of aryl methyl sites for hydroxylation is 1. The van der Waals surface area contributed by atoms with E-state index in [0.29, 0.717) is 5.02 Å². The second kappa shape index (κ2) is 8.06. The van der Waals surface area contributed by atoms with E-state index in [1.165, 1.54) is 5.56 Å². The lowest BCUT2D eigenvalue weighted by atomic mass is 9.79. The minimum absolute atomic E-state index is 0.00679. The highest BCUT2D eigenvalue weighted by molar-refractivity contribution is 6.31. The van der Waals surface area contributed by atoms with Crippen molar-refractivity contribution in [1.82, 2.24) is 0 Å². The lowest BCUT2D eigenvalue weighted by Crippen LogP contribution is -2.35.